The lowest BCUT2D eigenvalue weighted by Gasteiger charge is -2.34. The highest BCUT2D eigenvalue weighted by Crippen LogP contribution is 2.35. The van der Waals surface area contributed by atoms with Gasteiger partial charge in [0.05, 0.1) is 17.6 Å². The summed E-state index contributed by atoms with van der Waals surface area (Å²) in [5.74, 6) is -1.32. The number of hydrogen-bond donors (Lipinski definition) is 1. The molecule has 41 heavy (non-hydrogen) atoms. The van der Waals surface area contributed by atoms with E-state index in [-0.39, 0.29) is 17.7 Å². The van der Waals surface area contributed by atoms with Crippen LogP contribution < -0.4 is 15.1 Å². The van der Waals surface area contributed by atoms with Crippen LogP contribution >= 0.6 is 0 Å². The highest BCUT2D eigenvalue weighted by Gasteiger charge is 2.42. The minimum atomic E-state index is -4.85. The van der Waals surface area contributed by atoms with E-state index in [4.69, 9.17) is 4.42 Å². The van der Waals surface area contributed by atoms with E-state index in [9.17, 15) is 22.8 Å². The third-order valence-corrected chi connectivity index (χ3v) is 6.97. The summed E-state index contributed by atoms with van der Waals surface area (Å²) in [6.45, 7) is 8.64. The number of amides is 3. The molecule has 3 amide bonds. The number of aliphatic imine (C=N–C) groups is 1. The monoisotopic (exact) mass is 573 g/mol. The van der Waals surface area contributed by atoms with E-state index in [1.807, 2.05) is 37.8 Å². The minimum absolute atomic E-state index is 0.200. The molecule has 2 aromatic rings. The van der Waals surface area contributed by atoms with Gasteiger partial charge in [0.25, 0.3) is 11.9 Å². The summed E-state index contributed by atoms with van der Waals surface area (Å²) in [7, 11) is 0. The number of piperazine rings is 1. The van der Waals surface area contributed by atoms with Gasteiger partial charge >= 0.3 is 12.2 Å². The van der Waals surface area contributed by atoms with Gasteiger partial charge in [0.15, 0.2) is 5.69 Å². The molecular formula is C28H34F3N7O3. The fourth-order valence-electron chi connectivity index (χ4n) is 4.57. The quantitative estimate of drug-likeness (QED) is 0.451. The van der Waals surface area contributed by atoms with Crippen molar-refractivity contribution in [1.82, 2.24) is 14.9 Å². The molecule has 0 spiro atoms. The summed E-state index contributed by atoms with van der Waals surface area (Å²) >= 11 is 0. The number of aromatic nitrogens is 2. The molecule has 13 heteroatoms. The van der Waals surface area contributed by atoms with Crippen molar-refractivity contribution in [2.75, 3.05) is 54.4 Å². The van der Waals surface area contributed by atoms with E-state index >= 15 is 0 Å². The second-order valence-electron chi connectivity index (χ2n) is 9.80. The summed E-state index contributed by atoms with van der Waals surface area (Å²) in [6.07, 6.45) is 4.67. The number of halogens is 3. The van der Waals surface area contributed by atoms with E-state index in [1.165, 1.54) is 6.20 Å². The van der Waals surface area contributed by atoms with Crippen molar-refractivity contribution in [3.05, 3.63) is 53.6 Å². The van der Waals surface area contributed by atoms with Gasteiger partial charge in [-0.3, -0.25) is 4.79 Å². The first-order valence-electron chi connectivity index (χ1n) is 13.6. The number of anilines is 3. The van der Waals surface area contributed by atoms with Crippen LogP contribution in [0.5, 0.6) is 0 Å². The number of rotatable bonds is 6. The third kappa shape index (κ3) is 7.33. The summed E-state index contributed by atoms with van der Waals surface area (Å²) in [6, 6.07) is 2.71. The number of alkyl halides is 3. The summed E-state index contributed by atoms with van der Waals surface area (Å²) in [5.41, 5.74) is 0.390. The van der Waals surface area contributed by atoms with Crippen molar-refractivity contribution in [3.63, 3.8) is 0 Å². The molecule has 4 heterocycles. The average molecular weight is 574 g/mol. The molecule has 4 rings (SSSR count). The fraction of sp³-hybridized carbons (Fsp3) is 0.464. The summed E-state index contributed by atoms with van der Waals surface area (Å²) in [5, 5.41) is 2.43. The van der Waals surface area contributed by atoms with Crippen LogP contribution in [0.25, 0.3) is 0 Å². The molecule has 1 N–H and O–H groups in total. The van der Waals surface area contributed by atoms with E-state index in [0.29, 0.717) is 50.8 Å². The molecule has 2 aliphatic rings. The Morgan fingerprint density at radius 2 is 1.73 bits per heavy atom. The van der Waals surface area contributed by atoms with Crippen molar-refractivity contribution >= 4 is 35.2 Å². The van der Waals surface area contributed by atoms with Crippen LogP contribution in [-0.2, 0) is 6.18 Å². The number of pyridine rings is 1. The Balaban J connectivity index is 1.38. The number of allylic oxidation sites excluding steroid dienone is 4. The number of nitrogens with zero attached hydrogens (tertiary/aromatic N) is 6. The molecule has 0 aromatic carbocycles. The zero-order valence-corrected chi connectivity index (χ0v) is 23.4. The molecule has 2 aromatic heterocycles. The lowest BCUT2D eigenvalue weighted by Crippen LogP contribution is -2.48. The van der Waals surface area contributed by atoms with Gasteiger partial charge in [-0.15, -0.1) is 0 Å². The van der Waals surface area contributed by atoms with Gasteiger partial charge < -0.3 is 24.4 Å². The second-order valence-corrected chi connectivity index (χ2v) is 9.80. The van der Waals surface area contributed by atoms with Crippen LogP contribution in [0.2, 0.25) is 0 Å². The Hall–Kier alpha value is -4.16. The van der Waals surface area contributed by atoms with Gasteiger partial charge in [0.1, 0.15) is 5.82 Å². The van der Waals surface area contributed by atoms with Crippen LogP contribution in [0.15, 0.2) is 51.5 Å². The van der Waals surface area contributed by atoms with Gasteiger partial charge in [0.2, 0.25) is 5.76 Å². The van der Waals surface area contributed by atoms with Gasteiger partial charge in [-0.2, -0.15) is 23.1 Å². The van der Waals surface area contributed by atoms with Crippen molar-refractivity contribution in [3.8, 4) is 0 Å². The number of nitrogens with one attached hydrogen (secondary N) is 1. The first-order chi connectivity index (χ1) is 19.6. The van der Waals surface area contributed by atoms with Gasteiger partial charge in [-0.25, -0.2) is 9.78 Å². The minimum Gasteiger partial charge on any atom is -0.417 e. The molecule has 0 aliphatic carbocycles. The first kappa shape index (κ1) is 29.8. The van der Waals surface area contributed by atoms with Crippen LogP contribution in [0.1, 0.15) is 56.3 Å². The smallest absolute Gasteiger partial charge is 0.417 e. The predicted molar refractivity (Wildman–Crippen MR) is 151 cm³/mol. The molecule has 2 aliphatic heterocycles. The zero-order valence-electron chi connectivity index (χ0n) is 23.4. The van der Waals surface area contributed by atoms with Crippen LogP contribution in [-0.4, -0.2) is 71.8 Å². The average Bonchev–Trinajstić information content (AvgIpc) is 3.44. The number of hydrogen-bond acceptors (Lipinski definition) is 7. The van der Waals surface area contributed by atoms with E-state index in [1.54, 1.807) is 28.0 Å². The Morgan fingerprint density at radius 1 is 1.02 bits per heavy atom. The Bertz CT molecular complexity index is 1320. The maximum Gasteiger partial charge on any atom is 0.437 e. The standard InChI is InChI=1S/C28H34F3N7O3/c1-4-9-21(19(3)5-2)34-26(40)37-16-14-36(15-17-37)22-11-10-20(18-32-22)33-25(39)23-24(28(29,30)31)35-27(41-23)38-12-7-6-8-13-38/h4-5,9-11,18H,6-8,12-17H2,1-3H3,(H,33,39)/b9-4-,19-5-,34-21?. The maximum absolute atomic E-state index is 13.6. The Morgan fingerprint density at radius 3 is 2.32 bits per heavy atom. The number of carbonyl (C=O) groups is 2. The topological polar surface area (TPSA) is 107 Å². The molecule has 220 valence electrons. The Kier molecular flexibility index (Phi) is 9.46. The van der Waals surface area contributed by atoms with Gasteiger partial charge in [-0.05, 0) is 63.8 Å². The predicted octanol–water partition coefficient (Wildman–Crippen LogP) is 5.56. The number of piperidine rings is 1. The molecule has 2 fully saturated rings. The number of carbonyl (C=O) groups excluding carboxylic acids is 2. The van der Waals surface area contributed by atoms with Crippen molar-refractivity contribution in [2.45, 2.75) is 46.2 Å². The summed E-state index contributed by atoms with van der Waals surface area (Å²) in [4.78, 5) is 43.0. The van der Waals surface area contributed by atoms with E-state index in [2.05, 4.69) is 20.3 Å². The molecule has 10 nitrogen and oxygen atoms in total. The number of oxazole rings is 1. The highest BCUT2D eigenvalue weighted by atomic mass is 19.4. The van der Waals surface area contributed by atoms with Crippen LogP contribution in [0.3, 0.4) is 0 Å². The molecule has 0 saturated carbocycles. The van der Waals surface area contributed by atoms with Crippen LogP contribution in [0.4, 0.5) is 35.5 Å². The van der Waals surface area contributed by atoms with Crippen molar-refractivity contribution < 1.29 is 27.2 Å². The van der Waals surface area contributed by atoms with Crippen LogP contribution in [0, 0.1) is 0 Å². The highest BCUT2D eigenvalue weighted by molar-refractivity contribution is 6.12. The zero-order chi connectivity index (χ0) is 29.6. The van der Waals surface area contributed by atoms with Gasteiger partial charge in [-0.1, -0.05) is 12.2 Å². The normalized spacial score (nSPS) is 17.4. The second kappa shape index (κ2) is 13.0. The molecule has 0 bridgehead atoms. The maximum atomic E-state index is 13.6. The molecular weight excluding hydrogens is 539 g/mol. The summed E-state index contributed by atoms with van der Waals surface area (Å²) < 4.78 is 46.2. The molecule has 0 unspecified atom stereocenters. The van der Waals surface area contributed by atoms with E-state index in [0.717, 1.165) is 24.8 Å². The lowest BCUT2D eigenvalue weighted by molar-refractivity contribution is -0.141. The SMILES string of the molecule is C/C=C\C(=NC(=O)N1CCN(c2ccc(NC(=O)c3oc(N4CCCCC4)nc3C(F)(F)F)cn2)CC1)/C(C)=C\C. The van der Waals surface area contributed by atoms with E-state index < -0.39 is 23.5 Å². The largest absolute Gasteiger partial charge is 0.437 e. The van der Waals surface area contributed by atoms with Crippen molar-refractivity contribution in [1.29, 1.82) is 0 Å². The fourth-order valence-corrected chi connectivity index (χ4v) is 4.57. The third-order valence-electron chi connectivity index (χ3n) is 6.97. The first-order valence-corrected chi connectivity index (χ1v) is 13.6. The molecule has 0 atom stereocenters. The number of urea groups is 1. The lowest BCUT2D eigenvalue weighted by atomic mass is 10.1. The van der Waals surface area contributed by atoms with Gasteiger partial charge in [0, 0.05) is 39.3 Å². The Labute approximate surface area is 236 Å². The molecule has 0 radical (unpaired) electrons. The van der Waals surface area contributed by atoms with Crippen molar-refractivity contribution in [2.24, 2.45) is 4.99 Å². The molecule has 2 saturated heterocycles.